The van der Waals surface area contributed by atoms with Gasteiger partial charge in [-0.05, 0) is 57.9 Å². The van der Waals surface area contributed by atoms with Gasteiger partial charge in [0, 0.05) is 24.2 Å². The predicted octanol–water partition coefficient (Wildman–Crippen LogP) is 1.19. The molecule has 1 aliphatic heterocycles. The van der Waals surface area contributed by atoms with Crippen molar-refractivity contribution in [2.75, 3.05) is 20.2 Å². The van der Waals surface area contributed by atoms with Crippen molar-refractivity contribution in [3.05, 3.63) is 23.8 Å². The normalized spacial score (nSPS) is 21.0. The Kier molecular flexibility index (Phi) is 6.08. The number of carbonyl (C=O) groups excluding carboxylic acids is 1. The molecule has 1 amide bonds. The molecule has 2 rings (SSSR count). The van der Waals surface area contributed by atoms with Gasteiger partial charge in [-0.15, -0.1) is 0 Å². The van der Waals surface area contributed by atoms with Gasteiger partial charge in [0.15, 0.2) is 0 Å². The van der Waals surface area contributed by atoms with E-state index in [1.165, 1.54) is 19.2 Å². The zero-order valence-corrected chi connectivity index (χ0v) is 16.0. The average Bonchev–Trinajstić information content (AvgIpc) is 2.93. The second-order valence-corrected chi connectivity index (χ2v) is 8.47. The summed E-state index contributed by atoms with van der Waals surface area (Å²) in [7, 11) is -2.37. The maximum absolute atomic E-state index is 12.8. The Morgan fingerprint density at radius 3 is 2.64 bits per heavy atom. The second-order valence-electron chi connectivity index (χ2n) is 6.79. The van der Waals surface area contributed by atoms with Gasteiger partial charge in [0.25, 0.3) is 5.91 Å². The Morgan fingerprint density at radius 2 is 2.12 bits per heavy atom. The first-order chi connectivity index (χ1) is 11.7. The molecule has 0 spiro atoms. The van der Waals surface area contributed by atoms with E-state index in [2.05, 4.69) is 4.72 Å². The van der Waals surface area contributed by atoms with Crippen LogP contribution in [-0.2, 0) is 10.0 Å². The maximum Gasteiger partial charge on any atom is 0.254 e. The van der Waals surface area contributed by atoms with Gasteiger partial charge < -0.3 is 15.4 Å². The van der Waals surface area contributed by atoms with Gasteiger partial charge in [-0.2, -0.15) is 0 Å². The van der Waals surface area contributed by atoms with Crippen LogP contribution in [-0.4, -0.2) is 51.5 Å². The van der Waals surface area contributed by atoms with Crippen molar-refractivity contribution >= 4 is 15.9 Å². The smallest absolute Gasteiger partial charge is 0.254 e. The van der Waals surface area contributed by atoms with E-state index in [-0.39, 0.29) is 34.6 Å². The first kappa shape index (κ1) is 19.7. The monoisotopic (exact) mass is 369 g/mol. The van der Waals surface area contributed by atoms with Gasteiger partial charge in [-0.25, -0.2) is 13.1 Å². The Balaban J connectivity index is 2.37. The van der Waals surface area contributed by atoms with Crippen molar-refractivity contribution in [2.24, 2.45) is 11.7 Å². The topological polar surface area (TPSA) is 102 Å². The molecule has 1 aromatic carbocycles. The highest BCUT2D eigenvalue weighted by atomic mass is 32.2. The fourth-order valence-corrected chi connectivity index (χ4v) is 4.60. The lowest BCUT2D eigenvalue weighted by atomic mass is 10.1. The molecule has 3 N–H and O–H groups in total. The van der Waals surface area contributed by atoms with Crippen LogP contribution in [0.15, 0.2) is 23.1 Å². The molecule has 0 radical (unpaired) electrons. The minimum absolute atomic E-state index is 0.0308. The summed E-state index contributed by atoms with van der Waals surface area (Å²) < 4.78 is 32.8. The van der Waals surface area contributed by atoms with Crippen LogP contribution in [0.4, 0.5) is 0 Å². The minimum atomic E-state index is -3.78. The number of benzene rings is 1. The van der Waals surface area contributed by atoms with E-state index in [0.29, 0.717) is 18.7 Å². The molecule has 25 heavy (non-hydrogen) atoms. The molecule has 0 aromatic heterocycles. The van der Waals surface area contributed by atoms with Crippen LogP contribution < -0.4 is 15.2 Å². The maximum atomic E-state index is 12.8. The van der Waals surface area contributed by atoms with E-state index in [4.69, 9.17) is 10.5 Å². The first-order valence-corrected chi connectivity index (χ1v) is 9.89. The molecule has 1 saturated heterocycles. The van der Waals surface area contributed by atoms with Crippen LogP contribution in [0.3, 0.4) is 0 Å². The van der Waals surface area contributed by atoms with E-state index in [9.17, 15) is 13.2 Å². The lowest BCUT2D eigenvalue weighted by molar-refractivity contribution is 0.0743. The molecule has 140 valence electrons. The van der Waals surface area contributed by atoms with Gasteiger partial charge in [-0.1, -0.05) is 0 Å². The van der Waals surface area contributed by atoms with Crippen molar-refractivity contribution in [2.45, 2.75) is 44.2 Å². The highest BCUT2D eigenvalue weighted by Gasteiger charge is 2.33. The number of hydrogen-bond acceptors (Lipinski definition) is 5. The molecule has 1 fully saturated rings. The third kappa shape index (κ3) is 4.31. The highest BCUT2D eigenvalue weighted by Crippen LogP contribution is 2.28. The number of methoxy groups -OCH3 is 1. The largest absolute Gasteiger partial charge is 0.495 e. The van der Waals surface area contributed by atoms with Crippen molar-refractivity contribution in [3.63, 3.8) is 0 Å². The summed E-state index contributed by atoms with van der Waals surface area (Å²) >= 11 is 0. The van der Waals surface area contributed by atoms with Crippen LogP contribution in [0.5, 0.6) is 5.75 Å². The number of sulfonamides is 1. The molecular weight excluding hydrogens is 342 g/mol. The Labute approximate surface area is 149 Å². The quantitative estimate of drug-likeness (QED) is 0.784. The summed E-state index contributed by atoms with van der Waals surface area (Å²) in [5, 5.41) is 0. The fraction of sp³-hybridized carbons (Fsp3) is 0.588. The first-order valence-electron chi connectivity index (χ1n) is 8.41. The third-order valence-corrected chi connectivity index (χ3v) is 6.03. The number of nitrogens with two attached hydrogens (primary N) is 1. The number of amides is 1. The number of rotatable bonds is 6. The molecule has 2 unspecified atom stereocenters. The minimum Gasteiger partial charge on any atom is -0.495 e. The molecule has 0 saturated carbocycles. The molecule has 1 aliphatic rings. The van der Waals surface area contributed by atoms with E-state index >= 15 is 0 Å². The van der Waals surface area contributed by atoms with E-state index in [1.807, 2.05) is 6.92 Å². The average molecular weight is 369 g/mol. The summed E-state index contributed by atoms with van der Waals surface area (Å²) in [4.78, 5) is 14.6. The van der Waals surface area contributed by atoms with Crippen LogP contribution in [0.1, 0.15) is 37.6 Å². The number of carbonyl (C=O) groups is 1. The lowest BCUT2D eigenvalue weighted by Gasteiger charge is -2.22. The highest BCUT2D eigenvalue weighted by molar-refractivity contribution is 7.89. The number of nitrogens with one attached hydrogen (secondary N) is 1. The van der Waals surface area contributed by atoms with Crippen molar-refractivity contribution in [1.82, 2.24) is 9.62 Å². The number of hydrogen-bond donors (Lipinski definition) is 2. The molecule has 2 atom stereocenters. The van der Waals surface area contributed by atoms with Gasteiger partial charge >= 0.3 is 0 Å². The number of likely N-dealkylation sites (tertiary alicyclic amines) is 1. The molecule has 0 aliphatic carbocycles. The van der Waals surface area contributed by atoms with E-state index in [1.54, 1.807) is 24.8 Å². The number of ether oxygens (including phenoxy) is 1. The zero-order chi connectivity index (χ0) is 18.8. The second kappa shape index (κ2) is 7.72. The van der Waals surface area contributed by atoms with Crippen LogP contribution in [0.2, 0.25) is 0 Å². The van der Waals surface area contributed by atoms with Gasteiger partial charge in [0.2, 0.25) is 10.0 Å². The third-order valence-electron chi connectivity index (χ3n) is 4.35. The van der Waals surface area contributed by atoms with Crippen molar-refractivity contribution < 1.29 is 17.9 Å². The van der Waals surface area contributed by atoms with Gasteiger partial charge in [-0.3, -0.25) is 4.79 Å². The molecule has 1 aromatic rings. The summed E-state index contributed by atoms with van der Waals surface area (Å²) in [6.45, 7) is 6.58. The van der Waals surface area contributed by atoms with E-state index < -0.39 is 10.0 Å². The lowest BCUT2D eigenvalue weighted by Crippen LogP contribution is -2.35. The Hall–Kier alpha value is -1.64. The molecular formula is C17H27N3O4S. The molecule has 1 heterocycles. The number of nitrogens with zero attached hydrogens (tertiary/aromatic N) is 1. The van der Waals surface area contributed by atoms with E-state index in [0.717, 1.165) is 6.42 Å². The summed E-state index contributed by atoms with van der Waals surface area (Å²) in [6, 6.07) is 4.31. The predicted molar refractivity (Wildman–Crippen MR) is 96.1 cm³/mol. The standard InChI is InChI=1S/C17H27N3O4S/c1-11(2)19-25(22,23)16-8-14(5-6-15(16)24-4)17(21)20-10-13(9-18)7-12(20)3/h5-6,8,11-13,19H,7,9-10,18H2,1-4H3. The van der Waals surface area contributed by atoms with Crippen LogP contribution >= 0.6 is 0 Å². The summed E-state index contributed by atoms with van der Waals surface area (Å²) in [5.41, 5.74) is 6.05. The molecule has 0 bridgehead atoms. The summed E-state index contributed by atoms with van der Waals surface area (Å²) in [6.07, 6.45) is 0.860. The SMILES string of the molecule is COc1ccc(C(=O)N2CC(CN)CC2C)cc1S(=O)(=O)NC(C)C. The van der Waals surface area contributed by atoms with Gasteiger partial charge in [0.1, 0.15) is 10.6 Å². The summed E-state index contributed by atoms with van der Waals surface area (Å²) in [5.74, 6) is 0.300. The molecule has 8 heteroatoms. The molecule has 7 nitrogen and oxygen atoms in total. The Bertz CT molecular complexity index is 733. The van der Waals surface area contributed by atoms with Crippen LogP contribution in [0, 0.1) is 5.92 Å². The van der Waals surface area contributed by atoms with Gasteiger partial charge in [0.05, 0.1) is 7.11 Å². The van der Waals surface area contributed by atoms with Crippen LogP contribution in [0.25, 0.3) is 0 Å². The van der Waals surface area contributed by atoms with Crippen molar-refractivity contribution in [3.8, 4) is 5.75 Å². The fourth-order valence-electron chi connectivity index (χ4n) is 3.16. The van der Waals surface area contributed by atoms with Crippen molar-refractivity contribution in [1.29, 1.82) is 0 Å². The zero-order valence-electron chi connectivity index (χ0n) is 15.2. The Morgan fingerprint density at radius 1 is 1.44 bits per heavy atom.